The van der Waals surface area contributed by atoms with Gasteiger partial charge in [0.1, 0.15) is 6.04 Å². The molecule has 1 heterocycles. The molecule has 0 spiro atoms. The van der Waals surface area contributed by atoms with Crippen molar-refractivity contribution in [3.8, 4) is 0 Å². The van der Waals surface area contributed by atoms with Crippen LogP contribution in [0, 0.1) is 6.92 Å². The van der Waals surface area contributed by atoms with E-state index in [1.54, 1.807) is 11.3 Å². The molecule has 0 radical (unpaired) electrons. The Morgan fingerprint density at radius 3 is 2.87 bits per heavy atom. The van der Waals surface area contributed by atoms with E-state index in [1.807, 2.05) is 6.92 Å². The largest absolute Gasteiger partial charge is 0.468 e. The van der Waals surface area contributed by atoms with Crippen LogP contribution in [0.1, 0.15) is 23.8 Å². The third kappa shape index (κ3) is 3.64. The van der Waals surface area contributed by atoms with E-state index in [4.69, 9.17) is 4.74 Å². The number of ether oxygens (including phenoxy) is 1. The first-order chi connectivity index (χ1) is 7.17. The molecule has 4 heteroatoms. The Labute approximate surface area is 94.5 Å². The highest BCUT2D eigenvalue weighted by molar-refractivity contribution is 7.10. The maximum atomic E-state index is 11.3. The van der Waals surface area contributed by atoms with Crippen LogP contribution in [0.15, 0.2) is 11.4 Å². The fourth-order valence-corrected chi connectivity index (χ4v) is 2.17. The number of thiophene rings is 1. The van der Waals surface area contributed by atoms with E-state index < -0.39 is 0 Å². The highest BCUT2D eigenvalue weighted by atomic mass is 32.1. The standard InChI is InChI=1S/C11H17NO2S/c1-4-10(11(13)14-3)12-6-9-5-8(2)7-15-9/h5,7,10,12H,4,6H2,1-3H3/t10-/m1/s1. The van der Waals surface area contributed by atoms with Crippen LogP contribution < -0.4 is 5.32 Å². The van der Waals surface area contributed by atoms with Gasteiger partial charge in [0.15, 0.2) is 0 Å². The Bertz CT molecular complexity index is 322. The molecule has 1 N–H and O–H groups in total. The summed E-state index contributed by atoms with van der Waals surface area (Å²) in [5.74, 6) is -0.189. The molecule has 0 aliphatic heterocycles. The normalized spacial score (nSPS) is 12.5. The van der Waals surface area contributed by atoms with Crippen molar-refractivity contribution in [2.75, 3.05) is 7.11 Å². The second kappa shape index (κ2) is 5.88. The van der Waals surface area contributed by atoms with Gasteiger partial charge in [-0.1, -0.05) is 6.92 Å². The van der Waals surface area contributed by atoms with Crippen molar-refractivity contribution in [2.24, 2.45) is 0 Å². The molecule has 84 valence electrons. The van der Waals surface area contributed by atoms with E-state index in [0.717, 1.165) is 13.0 Å². The van der Waals surface area contributed by atoms with Crippen molar-refractivity contribution in [3.05, 3.63) is 21.9 Å². The Balaban J connectivity index is 2.44. The van der Waals surface area contributed by atoms with Gasteiger partial charge in [-0.25, -0.2) is 0 Å². The molecule has 0 aliphatic rings. The van der Waals surface area contributed by atoms with Gasteiger partial charge in [0.05, 0.1) is 7.11 Å². The fraction of sp³-hybridized carbons (Fsp3) is 0.545. The first kappa shape index (κ1) is 12.2. The molecule has 0 bridgehead atoms. The van der Waals surface area contributed by atoms with Crippen LogP contribution in [0.2, 0.25) is 0 Å². The molecule has 1 aromatic heterocycles. The molecule has 0 fully saturated rings. The van der Waals surface area contributed by atoms with E-state index in [9.17, 15) is 4.79 Å². The van der Waals surface area contributed by atoms with Gasteiger partial charge in [0.25, 0.3) is 0 Å². The Hall–Kier alpha value is -0.870. The lowest BCUT2D eigenvalue weighted by molar-refractivity contribution is -0.143. The monoisotopic (exact) mass is 227 g/mol. The number of carbonyl (C=O) groups is 1. The van der Waals surface area contributed by atoms with E-state index in [-0.39, 0.29) is 12.0 Å². The van der Waals surface area contributed by atoms with E-state index in [2.05, 4.69) is 23.7 Å². The van der Waals surface area contributed by atoms with Gasteiger partial charge in [-0.15, -0.1) is 11.3 Å². The lowest BCUT2D eigenvalue weighted by Gasteiger charge is -2.13. The van der Waals surface area contributed by atoms with Gasteiger partial charge in [0.2, 0.25) is 0 Å². The van der Waals surface area contributed by atoms with Gasteiger partial charge < -0.3 is 4.74 Å². The second-order valence-electron chi connectivity index (χ2n) is 3.46. The van der Waals surface area contributed by atoms with Crippen LogP contribution >= 0.6 is 11.3 Å². The van der Waals surface area contributed by atoms with Crippen molar-refractivity contribution in [3.63, 3.8) is 0 Å². The maximum Gasteiger partial charge on any atom is 0.322 e. The lowest BCUT2D eigenvalue weighted by Crippen LogP contribution is -2.36. The fourth-order valence-electron chi connectivity index (χ4n) is 1.34. The van der Waals surface area contributed by atoms with Crippen molar-refractivity contribution >= 4 is 17.3 Å². The molecule has 3 nitrogen and oxygen atoms in total. The number of rotatable bonds is 5. The number of hydrogen-bond donors (Lipinski definition) is 1. The third-order valence-corrected chi connectivity index (χ3v) is 3.26. The van der Waals surface area contributed by atoms with E-state index in [1.165, 1.54) is 17.6 Å². The SMILES string of the molecule is CC[C@@H](NCc1cc(C)cs1)C(=O)OC. The molecular weight excluding hydrogens is 210 g/mol. The minimum atomic E-state index is -0.197. The molecule has 1 atom stereocenters. The van der Waals surface area contributed by atoms with Crippen LogP contribution in [0.25, 0.3) is 0 Å². The first-order valence-corrected chi connectivity index (χ1v) is 5.90. The molecule has 15 heavy (non-hydrogen) atoms. The van der Waals surface area contributed by atoms with Gasteiger partial charge in [-0.2, -0.15) is 0 Å². The average Bonchev–Trinajstić information content (AvgIpc) is 2.64. The zero-order valence-corrected chi connectivity index (χ0v) is 10.2. The topological polar surface area (TPSA) is 38.3 Å². The van der Waals surface area contributed by atoms with Crippen molar-refractivity contribution in [1.82, 2.24) is 5.32 Å². The predicted octanol–water partition coefficient (Wildman–Crippen LogP) is 2.10. The summed E-state index contributed by atoms with van der Waals surface area (Å²) in [5.41, 5.74) is 1.27. The highest BCUT2D eigenvalue weighted by Gasteiger charge is 2.15. The number of esters is 1. The summed E-state index contributed by atoms with van der Waals surface area (Å²) >= 11 is 1.71. The molecule has 0 aromatic carbocycles. The summed E-state index contributed by atoms with van der Waals surface area (Å²) in [4.78, 5) is 12.5. The number of hydrogen-bond acceptors (Lipinski definition) is 4. The zero-order valence-electron chi connectivity index (χ0n) is 9.37. The zero-order chi connectivity index (χ0) is 11.3. The highest BCUT2D eigenvalue weighted by Crippen LogP contribution is 2.13. The van der Waals surface area contributed by atoms with Crippen LogP contribution in [0.5, 0.6) is 0 Å². The van der Waals surface area contributed by atoms with Gasteiger partial charge >= 0.3 is 5.97 Å². The Morgan fingerprint density at radius 2 is 2.40 bits per heavy atom. The summed E-state index contributed by atoms with van der Waals surface area (Å²) in [7, 11) is 1.42. The van der Waals surface area contributed by atoms with Crippen molar-refractivity contribution < 1.29 is 9.53 Å². The Morgan fingerprint density at radius 1 is 1.67 bits per heavy atom. The van der Waals surface area contributed by atoms with Gasteiger partial charge in [-0.3, -0.25) is 10.1 Å². The lowest BCUT2D eigenvalue weighted by atomic mass is 10.2. The second-order valence-corrected chi connectivity index (χ2v) is 4.45. The molecule has 0 saturated carbocycles. The van der Waals surface area contributed by atoms with Crippen LogP contribution in [0.4, 0.5) is 0 Å². The molecular formula is C11H17NO2S. The Kier molecular flexibility index (Phi) is 4.78. The molecule has 1 aromatic rings. The van der Waals surface area contributed by atoms with Crippen LogP contribution in [0.3, 0.4) is 0 Å². The summed E-state index contributed by atoms with van der Waals surface area (Å²) in [6, 6.07) is 1.93. The minimum absolute atomic E-state index is 0.189. The summed E-state index contributed by atoms with van der Waals surface area (Å²) in [6.45, 7) is 4.76. The third-order valence-electron chi connectivity index (χ3n) is 2.20. The summed E-state index contributed by atoms with van der Waals surface area (Å²) in [6.07, 6.45) is 0.747. The predicted molar refractivity (Wildman–Crippen MR) is 62.0 cm³/mol. The number of methoxy groups -OCH3 is 1. The number of nitrogens with one attached hydrogen (secondary N) is 1. The minimum Gasteiger partial charge on any atom is -0.468 e. The van der Waals surface area contributed by atoms with E-state index >= 15 is 0 Å². The number of aryl methyl sites for hydroxylation is 1. The van der Waals surface area contributed by atoms with Gasteiger partial charge in [-0.05, 0) is 30.4 Å². The summed E-state index contributed by atoms with van der Waals surface area (Å²) < 4.78 is 4.70. The number of carbonyl (C=O) groups excluding carboxylic acids is 1. The van der Waals surface area contributed by atoms with Crippen LogP contribution in [-0.2, 0) is 16.1 Å². The van der Waals surface area contributed by atoms with Gasteiger partial charge in [0, 0.05) is 11.4 Å². The molecule has 0 aliphatic carbocycles. The first-order valence-electron chi connectivity index (χ1n) is 5.02. The van der Waals surface area contributed by atoms with Crippen molar-refractivity contribution in [2.45, 2.75) is 32.9 Å². The molecule has 0 saturated heterocycles. The quantitative estimate of drug-likeness (QED) is 0.783. The summed E-state index contributed by atoms with van der Waals surface area (Å²) in [5, 5.41) is 5.29. The molecule has 1 rings (SSSR count). The van der Waals surface area contributed by atoms with Crippen LogP contribution in [-0.4, -0.2) is 19.1 Å². The smallest absolute Gasteiger partial charge is 0.322 e. The van der Waals surface area contributed by atoms with Crippen molar-refractivity contribution in [1.29, 1.82) is 0 Å². The average molecular weight is 227 g/mol. The maximum absolute atomic E-state index is 11.3. The molecule has 0 amide bonds. The van der Waals surface area contributed by atoms with E-state index in [0.29, 0.717) is 0 Å². The molecule has 0 unspecified atom stereocenters.